The molecule has 0 bridgehead atoms. The second-order valence-electron chi connectivity index (χ2n) is 2.77. The van der Waals surface area contributed by atoms with Crippen molar-refractivity contribution in [3.05, 3.63) is 7.43 Å². The van der Waals surface area contributed by atoms with Crippen LogP contribution in [-0.2, 0) is 0 Å². The van der Waals surface area contributed by atoms with Crippen LogP contribution >= 0.6 is 0 Å². The van der Waals surface area contributed by atoms with Crippen LogP contribution in [0.4, 0.5) is 0 Å². The molecule has 0 aliphatic rings. The first-order valence-corrected chi connectivity index (χ1v) is 4.41. The van der Waals surface area contributed by atoms with Crippen molar-refractivity contribution in [2.24, 2.45) is 0 Å². The van der Waals surface area contributed by atoms with Crippen LogP contribution in [0.3, 0.4) is 0 Å². The summed E-state index contributed by atoms with van der Waals surface area (Å²) in [6.07, 6.45) is 9.97. The predicted octanol–water partition coefficient (Wildman–Crippen LogP) is 3.84. The van der Waals surface area contributed by atoms with E-state index in [1.165, 1.54) is 44.9 Å². The minimum absolute atomic E-state index is 0. The molecular formula is C10H20. The van der Waals surface area contributed by atoms with Gasteiger partial charge in [0.25, 0.3) is 0 Å². The Labute approximate surface area is 67.0 Å². The standard InChI is InChI=1S/C9H20.C/c1-3-5-7-9-8-6-4-2;/h3-9H2,1-2H3;. The molecule has 10 heavy (non-hydrogen) atoms. The predicted molar refractivity (Wildman–Crippen MR) is 46.9 cm³/mol. The van der Waals surface area contributed by atoms with Crippen molar-refractivity contribution in [3.63, 3.8) is 0 Å². The van der Waals surface area contributed by atoms with E-state index in [-0.39, 0.29) is 7.43 Å². The van der Waals surface area contributed by atoms with E-state index in [0.717, 1.165) is 0 Å². The van der Waals surface area contributed by atoms with E-state index in [2.05, 4.69) is 13.8 Å². The van der Waals surface area contributed by atoms with Crippen LogP contribution in [0.25, 0.3) is 0 Å². The third-order valence-corrected chi connectivity index (χ3v) is 1.71. The van der Waals surface area contributed by atoms with Gasteiger partial charge in [-0.3, -0.25) is 0 Å². The zero-order chi connectivity index (χ0) is 6.95. The summed E-state index contributed by atoms with van der Waals surface area (Å²) in [6.45, 7) is 4.53. The summed E-state index contributed by atoms with van der Waals surface area (Å²) in [6, 6.07) is 0. The minimum Gasteiger partial charge on any atom is -0.0654 e. The van der Waals surface area contributed by atoms with Gasteiger partial charge in [0.05, 0.1) is 0 Å². The summed E-state index contributed by atoms with van der Waals surface area (Å²) in [5.41, 5.74) is 0. The summed E-state index contributed by atoms with van der Waals surface area (Å²) in [5, 5.41) is 0. The SMILES string of the molecule is CCCCCCCCC.[C]. The van der Waals surface area contributed by atoms with E-state index in [0.29, 0.717) is 0 Å². The first kappa shape index (κ1) is 12.7. The van der Waals surface area contributed by atoms with Crippen LogP contribution in [0, 0.1) is 7.43 Å². The highest BCUT2D eigenvalue weighted by Crippen LogP contribution is 2.05. The molecule has 0 fully saturated rings. The highest BCUT2D eigenvalue weighted by atomic mass is 13.9. The van der Waals surface area contributed by atoms with Crippen molar-refractivity contribution >= 4 is 0 Å². The Morgan fingerprint density at radius 2 is 0.900 bits per heavy atom. The van der Waals surface area contributed by atoms with Gasteiger partial charge in [-0.25, -0.2) is 0 Å². The van der Waals surface area contributed by atoms with E-state index < -0.39 is 0 Å². The highest BCUT2D eigenvalue weighted by molar-refractivity contribution is 4.41. The van der Waals surface area contributed by atoms with Gasteiger partial charge in [0.2, 0.25) is 0 Å². The lowest BCUT2D eigenvalue weighted by Gasteiger charge is -1.96. The molecular weight excluding hydrogens is 120 g/mol. The highest BCUT2D eigenvalue weighted by Gasteiger charge is 1.85. The lowest BCUT2D eigenvalue weighted by molar-refractivity contribution is 0.602. The van der Waals surface area contributed by atoms with Gasteiger partial charge in [-0.1, -0.05) is 58.8 Å². The van der Waals surface area contributed by atoms with Crippen molar-refractivity contribution in [2.75, 3.05) is 0 Å². The van der Waals surface area contributed by atoms with Gasteiger partial charge >= 0.3 is 0 Å². The van der Waals surface area contributed by atoms with Gasteiger partial charge in [-0.15, -0.1) is 0 Å². The van der Waals surface area contributed by atoms with Gasteiger partial charge in [-0.2, -0.15) is 0 Å². The van der Waals surface area contributed by atoms with E-state index in [1.54, 1.807) is 0 Å². The Morgan fingerprint density at radius 3 is 1.20 bits per heavy atom. The summed E-state index contributed by atoms with van der Waals surface area (Å²) < 4.78 is 0. The Bertz CT molecular complexity index is 33.3. The molecule has 0 atom stereocenters. The number of rotatable bonds is 6. The van der Waals surface area contributed by atoms with Crippen LogP contribution in [-0.4, -0.2) is 0 Å². The molecule has 0 aromatic heterocycles. The minimum atomic E-state index is 0. The fourth-order valence-electron chi connectivity index (χ4n) is 1.03. The molecule has 0 saturated carbocycles. The van der Waals surface area contributed by atoms with Gasteiger partial charge in [-0.05, 0) is 0 Å². The molecule has 0 spiro atoms. The third kappa shape index (κ3) is 10.9. The average Bonchev–Trinajstić information content (AvgIpc) is 1.89. The fraction of sp³-hybridized carbons (Fsp3) is 0.900. The lowest BCUT2D eigenvalue weighted by atomic mass is 10.1. The second kappa shape index (κ2) is 11.8. The topological polar surface area (TPSA) is 0 Å². The van der Waals surface area contributed by atoms with E-state index in [1.807, 2.05) is 0 Å². The zero-order valence-electron chi connectivity index (χ0n) is 7.45. The molecule has 0 aromatic carbocycles. The molecule has 4 radical (unpaired) electrons. The molecule has 0 aromatic rings. The first-order chi connectivity index (χ1) is 4.41. The zero-order valence-corrected chi connectivity index (χ0v) is 7.45. The number of hydrogen-bond donors (Lipinski definition) is 0. The lowest BCUT2D eigenvalue weighted by Crippen LogP contribution is -1.76. The van der Waals surface area contributed by atoms with E-state index >= 15 is 0 Å². The second-order valence-corrected chi connectivity index (χ2v) is 2.77. The third-order valence-electron chi connectivity index (χ3n) is 1.71. The molecule has 0 heterocycles. The largest absolute Gasteiger partial charge is 0.0654 e. The molecule has 0 heteroatoms. The Kier molecular flexibility index (Phi) is 14.9. The van der Waals surface area contributed by atoms with Gasteiger partial charge in [0.15, 0.2) is 0 Å². The summed E-state index contributed by atoms with van der Waals surface area (Å²) >= 11 is 0. The molecule has 0 N–H and O–H groups in total. The summed E-state index contributed by atoms with van der Waals surface area (Å²) in [5.74, 6) is 0. The molecule has 0 nitrogen and oxygen atoms in total. The van der Waals surface area contributed by atoms with Crippen LogP contribution in [0.2, 0.25) is 0 Å². The van der Waals surface area contributed by atoms with Crippen LogP contribution < -0.4 is 0 Å². The normalized spacial score (nSPS) is 9.00. The monoisotopic (exact) mass is 140 g/mol. The van der Waals surface area contributed by atoms with Crippen molar-refractivity contribution < 1.29 is 0 Å². The van der Waals surface area contributed by atoms with Crippen molar-refractivity contribution in [3.8, 4) is 0 Å². The molecule has 0 aliphatic heterocycles. The molecule has 60 valence electrons. The van der Waals surface area contributed by atoms with E-state index in [4.69, 9.17) is 0 Å². The maximum Gasteiger partial charge on any atom is 0 e. The van der Waals surface area contributed by atoms with Crippen molar-refractivity contribution in [1.82, 2.24) is 0 Å². The summed E-state index contributed by atoms with van der Waals surface area (Å²) in [4.78, 5) is 0. The van der Waals surface area contributed by atoms with Gasteiger partial charge in [0, 0.05) is 7.43 Å². The van der Waals surface area contributed by atoms with E-state index in [9.17, 15) is 0 Å². The maximum absolute atomic E-state index is 2.26. The number of unbranched alkanes of at least 4 members (excludes halogenated alkanes) is 6. The van der Waals surface area contributed by atoms with Crippen molar-refractivity contribution in [1.29, 1.82) is 0 Å². The molecule has 0 unspecified atom stereocenters. The van der Waals surface area contributed by atoms with Crippen LogP contribution in [0.1, 0.15) is 58.8 Å². The van der Waals surface area contributed by atoms with Gasteiger partial charge in [0.1, 0.15) is 0 Å². The Balaban J connectivity index is 0. The molecule has 0 saturated heterocycles. The Morgan fingerprint density at radius 1 is 0.600 bits per heavy atom. The summed E-state index contributed by atoms with van der Waals surface area (Å²) in [7, 11) is 0. The first-order valence-electron chi connectivity index (χ1n) is 4.41. The molecule has 0 amide bonds. The number of hydrogen-bond acceptors (Lipinski definition) is 0. The Hall–Kier alpha value is 0. The van der Waals surface area contributed by atoms with Crippen LogP contribution in [0.15, 0.2) is 0 Å². The van der Waals surface area contributed by atoms with Crippen LogP contribution in [0.5, 0.6) is 0 Å². The average molecular weight is 140 g/mol. The molecule has 0 rings (SSSR count). The van der Waals surface area contributed by atoms with Crippen molar-refractivity contribution in [2.45, 2.75) is 58.8 Å². The quantitative estimate of drug-likeness (QED) is 0.492. The smallest absolute Gasteiger partial charge is 0 e. The molecule has 0 aliphatic carbocycles. The fourth-order valence-corrected chi connectivity index (χ4v) is 1.03. The maximum atomic E-state index is 2.26. The van der Waals surface area contributed by atoms with Gasteiger partial charge < -0.3 is 0 Å².